The number of hydrogen-bond acceptors (Lipinski definition) is 8. The number of fused-ring (bicyclic) bond motifs is 5. The molecule has 2 aromatic rings. The van der Waals surface area contributed by atoms with Crippen LogP contribution in [0.25, 0.3) is 0 Å². The van der Waals surface area contributed by atoms with E-state index in [0.29, 0.717) is 55.4 Å². The van der Waals surface area contributed by atoms with Crippen LogP contribution in [0.5, 0.6) is 0 Å². The van der Waals surface area contributed by atoms with Gasteiger partial charge in [0.15, 0.2) is 0 Å². The summed E-state index contributed by atoms with van der Waals surface area (Å²) in [6.07, 6.45) is 14.8. The molecule has 12 atom stereocenters. The van der Waals surface area contributed by atoms with E-state index in [2.05, 4.69) is 55.9 Å². The van der Waals surface area contributed by atoms with Crippen LogP contribution < -0.4 is 27.0 Å². The molecule has 404 valence electrons. The minimum atomic E-state index is -1.18. The number of carboxylic acid groups (broad SMARTS) is 1. The lowest BCUT2D eigenvalue weighted by Gasteiger charge is -2.62. The number of carbonyl (C=O) groups is 6. The maximum Gasteiger partial charge on any atom is 0.407 e. The number of benzene rings is 2. The second kappa shape index (κ2) is 26.5. The van der Waals surface area contributed by atoms with Crippen molar-refractivity contribution in [1.82, 2.24) is 26.2 Å². The van der Waals surface area contributed by atoms with Crippen LogP contribution in [0.1, 0.15) is 156 Å². The lowest BCUT2D eigenvalue weighted by molar-refractivity contribution is -0.149. The highest BCUT2D eigenvalue weighted by molar-refractivity contribution is 5.94. The average molecular weight is 1010 g/mol. The number of carboxylic acids is 1. The number of ether oxygens (including phenoxy) is 1. The normalized spacial score (nSPS) is 27.0. The van der Waals surface area contributed by atoms with Crippen LogP contribution in [0, 0.1) is 58.2 Å². The van der Waals surface area contributed by atoms with Crippen molar-refractivity contribution < 1.29 is 38.6 Å². The van der Waals surface area contributed by atoms with Crippen LogP contribution in [-0.2, 0) is 41.7 Å². The molecule has 0 heterocycles. The van der Waals surface area contributed by atoms with Crippen molar-refractivity contribution >= 4 is 35.7 Å². The van der Waals surface area contributed by atoms with Gasteiger partial charge in [-0.05, 0) is 146 Å². The topological polar surface area (TPSA) is 209 Å². The van der Waals surface area contributed by atoms with Gasteiger partial charge in [0.2, 0.25) is 23.6 Å². The first-order valence-electron chi connectivity index (χ1n) is 27.9. The molecule has 0 bridgehead atoms. The summed E-state index contributed by atoms with van der Waals surface area (Å²) in [4.78, 5) is 82.2. The summed E-state index contributed by atoms with van der Waals surface area (Å²) in [5.41, 5.74) is 8.53. The summed E-state index contributed by atoms with van der Waals surface area (Å²) in [6, 6.07) is 15.4. The molecule has 0 spiro atoms. The Balaban J connectivity index is 1.12. The van der Waals surface area contributed by atoms with Crippen molar-refractivity contribution in [3.8, 4) is 0 Å². The molecule has 0 saturated heterocycles. The molecule has 6 rings (SSSR count). The highest BCUT2D eigenvalue weighted by atomic mass is 16.5. The number of aliphatic carboxylic acids is 1. The van der Waals surface area contributed by atoms with E-state index in [1.54, 1.807) is 4.90 Å². The number of carbonyl (C=O) groups excluding carboxylic acids is 5. The molecule has 4 aliphatic rings. The number of amides is 5. The van der Waals surface area contributed by atoms with E-state index in [1.807, 2.05) is 74.5 Å². The molecular formula is C59H90N6O8. The maximum atomic E-state index is 15.3. The summed E-state index contributed by atoms with van der Waals surface area (Å²) >= 11 is 0. The molecular weight excluding hydrogens is 921 g/mol. The van der Waals surface area contributed by atoms with Crippen LogP contribution in [0.2, 0.25) is 0 Å². The van der Waals surface area contributed by atoms with Crippen LogP contribution in [0.4, 0.5) is 4.79 Å². The molecule has 2 aromatic carbocycles. The standard InChI is InChI=1S/C59H90N6O8/c1-38(2)17-16-18-40(5)46-26-27-47-45-25-24-43-34-44(28-30-58(43,6)48(45)29-31-59(46,47)7)65(36-51(66)62-35-52(67)68)56(71)50(33-41-19-10-8-11-20-41)63-55(70)53(39(3)4)64-54(69)49(60)23-14-15-32-61-57(72)73-37-42-21-12-9-13-22-42/h8-13,19-22,38-40,43-50,53H,14-18,23-37,60H2,1-7H3,(H,61,72)(H,62,66)(H,63,70)(H,64,69)(H,67,68)/t40-,43+,44-,45+,46-,47+,48+,49+,50+,53+,58+,59-/m1/s1. The Bertz CT molecular complexity index is 2140. The first kappa shape index (κ1) is 57.3. The Morgan fingerprint density at radius 1 is 0.740 bits per heavy atom. The summed E-state index contributed by atoms with van der Waals surface area (Å²) in [5, 5.41) is 20.5. The molecule has 73 heavy (non-hydrogen) atoms. The third-order valence-electron chi connectivity index (χ3n) is 18.2. The number of hydrogen-bond donors (Lipinski definition) is 6. The molecule has 14 heteroatoms. The average Bonchev–Trinajstić information content (AvgIpc) is 3.72. The molecule has 4 saturated carbocycles. The minimum absolute atomic E-state index is 0.108. The number of rotatable bonds is 25. The lowest BCUT2D eigenvalue weighted by Crippen LogP contribution is -2.61. The fourth-order valence-electron chi connectivity index (χ4n) is 14.2. The maximum absolute atomic E-state index is 15.3. The number of alkyl carbamates (subject to hydrolysis) is 1. The van der Waals surface area contributed by atoms with Crippen molar-refractivity contribution in [3.05, 3.63) is 71.8 Å². The van der Waals surface area contributed by atoms with E-state index < -0.39 is 60.4 Å². The van der Waals surface area contributed by atoms with Crippen molar-refractivity contribution in [1.29, 1.82) is 0 Å². The van der Waals surface area contributed by atoms with Crippen LogP contribution in [0.15, 0.2) is 60.7 Å². The van der Waals surface area contributed by atoms with E-state index in [9.17, 15) is 29.1 Å². The smallest absolute Gasteiger partial charge is 0.407 e. The monoisotopic (exact) mass is 1010 g/mol. The molecule has 0 aliphatic heterocycles. The summed E-state index contributed by atoms with van der Waals surface area (Å²) in [6.45, 7) is 15.5. The van der Waals surface area contributed by atoms with E-state index in [0.717, 1.165) is 54.1 Å². The van der Waals surface area contributed by atoms with Gasteiger partial charge in [-0.15, -0.1) is 0 Å². The lowest BCUT2D eigenvalue weighted by atomic mass is 9.44. The highest BCUT2D eigenvalue weighted by Crippen LogP contribution is 2.68. The van der Waals surface area contributed by atoms with Gasteiger partial charge in [0.1, 0.15) is 25.2 Å². The highest BCUT2D eigenvalue weighted by Gasteiger charge is 2.61. The number of nitrogens with one attached hydrogen (secondary N) is 4. The fraction of sp³-hybridized carbons (Fsp3) is 0.695. The number of nitrogens with zero attached hydrogens (tertiary/aromatic N) is 1. The van der Waals surface area contributed by atoms with Crippen molar-refractivity contribution in [2.75, 3.05) is 19.6 Å². The Hall–Kier alpha value is -4.98. The molecule has 4 aliphatic carbocycles. The number of nitrogens with two attached hydrogens (primary N) is 1. The molecule has 5 amide bonds. The Labute approximate surface area is 436 Å². The van der Waals surface area contributed by atoms with Crippen molar-refractivity contribution in [2.45, 2.75) is 182 Å². The Morgan fingerprint density at radius 2 is 1.41 bits per heavy atom. The van der Waals surface area contributed by atoms with Gasteiger partial charge in [0.25, 0.3) is 0 Å². The zero-order chi connectivity index (χ0) is 52.9. The van der Waals surface area contributed by atoms with Crippen LogP contribution in [-0.4, -0.2) is 89.5 Å². The van der Waals surface area contributed by atoms with Gasteiger partial charge >= 0.3 is 12.1 Å². The minimum Gasteiger partial charge on any atom is -0.480 e. The predicted octanol–water partition coefficient (Wildman–Crippen LogP) is 8.80. The first-order chi connectivity index (χ1) is 34.8. The van der Waals surface area contributed by atoms with Gasteiger partial charge in [-0.25, -0.2) is 4.79 Å². The number of unbranched alkanes of at least 4 members (excludes halogenated alkanes) is 1. The summed E-state index contributed by atoms with van der Waals surface area (Å²) in [7, 11) is 0. The Morgan fingerprint density at radius 3 is 2.08 bits per heavy atom. The fourth-order valence-corrected chi connectivity index (χ4v) is 14.2. The van der Waals surface area contributed by atoms with E-state index in [-0.39, 0.29) is 36.9 Å². The molecule has 0 aromatic heterocycles. The van der Waals surface area contributed by atoms with Crippen molar-refractivity contribution in [3.63, 3.8) is 0 Å². The van der Waals surface area contributed by atoms with Gasteiger partial charge in [-0.1, -0.05) is 128 Å². The van der Waals surface area contributed by atoms with E-state index >= 15 is 4.79 Å². The quantitative estimate of drug-likeness (QED) is 0.0525. The van der Waals surface area contributed by atoms with Gasteiger partial charge in [0, 0.05) is 19.0 Å². The third-order valence-corrected chi connectivity index (χ3v) is 18.2. The second-order valence-corrected chi connectivity index (χ2v) is 23.8. The third kappa shape index (κ3) is 15.1. The zero-order valence-corrected chi connectivity index (χ0v) is 45.2. The van der Waals surface area contributed by atoms with Gasteiger partial charge < -0.3 is 41.7 Å². The predicted molar refractivity (Wildman–Crippen MR) is 285 cm³/mol. The van der Waals surface area contributed by atoms with Gasteiger partial charge in [0.05, 0.1) is 12.6 Å². The summed E-state index contributed by atoms with van der Waals surface area (Å²) in [5.74, 6) is 1.09. The van der Waals surface area contributed by atoms with Crippen LogP contribution >= 0.6 is 0 Å². The molecule has 14 nitrogen and oxygen atoms in total. The zero-order valence-electron chi connectivity index (χ0n) is 45.2. The van der Waals surface area contributed by atoms with Crippen LogP contribution in [0.3, 0.4) is 0 Å². The van der Waals surface area contributed by atoms with Crippen molar-refractivity contribution in [2.24, 2.45) is 63.9 Å². The largest absolute Gasteiger partial charge is 0.480 e. The first-order valence-corrected chi connectivity index (χ1v) is 27.9. The molecule has 0 unspecified atom stereocenters. The van der Waals surface area contributed by atoms with E-state index in [4.69, 9.17) is 10.5 Å². The molecule has 0 radical (unpaired) electrons. The molecule has 4 fully saturated rings. The SMILES string of the molecule is CC(C)CCC[C@@H](C)[C@H]1CC[C@H]2[C@@H]3CC[C@H]4C[C@H](N(CC(=O)NCC(=O)O)C(=O)[C@H](Cc5ccccc5)NC(=O)[C@@H](NC(=O)[C@@H](N)CCCCNC(=O)OCc5ccccc5)C(C)C)CC[C@]4(C)[C@H]3CC[C@]12C. The van der Waals surface area contributed by atoms with Gasteiger partial charge in [-0.3, -0.25) is 24.0 Å². The van der Waals surface area contributed by atoms with E-state index in [1.165, 1.54) is 51.4 Å². The second-order valence-electron chi connectivity index (χ2n) is 23.8. The van der Waals surface area contributed by atoms with Gasteiger partial charge in [-0.2, -0.15) is 0 Å². The Kier molecular flexibility index (Phi) is 20.8. The summed E-state index contributed by atoms with van der Waals surface area (Å²) < 4.78 is 5.27. The molecule has 7 N–H and O–H groups in total.